The van der Waals surface area contributed by atoms with E-state index in [1.54, 1.807) is 0 Å². The third kappa shape index (κ3) is 3.49. The van der Waals surface area contributed by atoms with Gasteiger partial charge in [-0.15, -0.1) is 0 Å². The van der Waals surface area contributed by atoms with Crippen LogP contribution in [0.3, 0.4) is 0 Å². The number of allylic oxidation sites excluding steroid dienone is 1. The van der Waals surface area contributed by atoms with Gasteiger partial charge in [0.15, 0.2) is 0 Å². The van der Waals surface area contributed by atoms with E-state index < -0.39 is 0 Å². The maximum atomic E-state index is 10.6. The summed E-state index contributed by atoms with van der Waals surface area (Å²) in [5.74, 6) is 5.34. The van der Waals surface area contributed by atoms with E-state index in [1.165, 1.54) is 69.8 Å². The molecule has 1 nitrogen and oxygen atoms in total. The standard InChI is InChI=1S/C31H54O/c1-9-31-19-18-29(7)25(22(5)11-10-21(4)20(2)3)16-17-30(29,8)28(31)15-12-24-23(6)27(32)14-13-26(24)31/h20,22-28,32H,4,9-19H2,1-3,5-8H3. The Labute approximate surface area is 200 Å². The summed E-state index contributed by atoms with van der Waals surface area (Å²) in [4.78, 5) is 0. The Bertz CT molecular complexity index is 695. The third-order valence-corrected chi connectivity index (χ3v) is 12.9. The van der Waals surface area contributed by atoms with Crippen LogP contribution in [0.4, 0.5) is 0 Å². The predicted molar refractivity (Wildman–Crippen MR) is 137 cm³/mol. The molecular formula is C31H54O. The summed E-state index contributed by atoms with van der Waals surface area (Å²) in [6.45, 7) is 21.9. The first-order valence-electron chi connectivity index (χ1n) is 14.4. The Kier molecular flexibility index (Phi) is 6.77. The maximum absolute atomic E-state index is 10.6. The molecule has 0 amide bonds. The maximum Gasteiger partial charge on any atom is 0.0568 e. The van der Waals surface area contributed by atoms with Gasteiger partial charge in [-0.1, -0.05) is 60.6 Å². The van der Waals surface area contributed by atoms with Gasteiger partial charge in [0, 0.05) is 0 Å². The van der Waals surface area contributed by atoms with Crippen LogP contribution in [-0.4, -0.2) is 11.2 Å². The van der Waals surface area contributed by atoms with Gasteiger partial charge in [-0.25, -0.2) is 0 Å². The van der Waals surface area contributed by atoms with Crippen LogP contribution in [-0.2, 0) is 0 Å². The summed E-state index contributed by atoms with van der Waals surface area (Å²) < 4.78 is 0. The average molecular weight is 443 g/mol. The Morgan fingerprint density at radius 2 is 1.69 bits per heavy atom. The highest BCUT2D eigenvalue weighted by Gasteiger charge is 2.68. The number of hydrogen-bond acceptors (Lipinski definition) is 1. The monoisotopic (exact) mass is 442 g/mol. The average Bonchev–Trinajstić information content (AvgIpc) is 3.05. The molecule has 0 heterocycles. The van der Waals surface area contributed by atoms with Gasteiger partial charge in [0.25, 0.3) is 0 Å². The molecule has 0 aliphatic heterocycles. The van der Waals surface area contributed by atoms with Crippen LogP contribution in [0.5, 0.6) is 0 Å². The molecule has 0 aromatic heterocycles. The molecule has 4 rings (SSSR count). The Morgan fingerprint density at radius 1 is 0.969 bits per heavy atom. The van der Waals surface area contributed by atoms with E-state index in [0.29, 0.717) is 28.1 Å². The second kappa shape index (κ2) is 8.73. The van der Waals surface area contributed by atoms with Crippen molar-refractivity contribution in [3.8, 4) is 0 Å². The smallest absolute Gasteiger partial charge is 0.0568 e. The minimum Gasteiger partial charge on any atom is -0.393 e. The second-order valence-electron chi connectivity index (χ2n) is 13.8. The van der Waals surface area contributed by atoms with Gasteiger partial charge in [-0.05, 0) is 128 Å². The van der Waals surface area contributed by atoms with Crippen molar-refractivity contribution < 1.29 is 5.11 Å². The van der Waals surface area contributed by atoms with Gasteiger partial charge >= 0.3 is 0 Å². The molecule has 4 aliphatic carbocycles. The molecule has 0 aromatic carbocycles. The normalized spacial score (nSPS) is 49.3. The van der Waals surface area contributed by atoms with Crippen molar-refractivity contribution in [1.29, 1.82) is 0 Å². The fourth-order valence-corrected chi connectivity index (χ4v) is 10.4. The molecule has 0 bridgehead atoms. The Morgan fingerprint density at radius 3 is 2.34 bits per heavy atom. The van der Waals surface area contributed by atoms with Gasteiger partial charge < -0.3 is 5.11 Å². The Balaban J connectivity index is 1.58. The van der Waals surface area contributed by atoms with Crippen LogP contribution in [0, 0.1) is 57.7 Å². The fourth-order valence-electron chi connectivity index (χ4n) is 10.4. The molecule has 10 atom stereocenters. The van der Waals surface area contributed by atoms with Crippen molar-refractivity contribution in [2.75, 3.05) is 0 Å². The topological polar surface area (TPSA) is 20.2 Å². The van der Waals surface area contributed by atoms with Crippen LogP contribution in [0.2, 0.25) is 0 Å². The fraction of sp³-hybridized carbons (Fsp3) is 0.935. The van der Waals surface area contributed by atoms with E-state index in [0.717, 1.165) is 36.0 Å². The molecule has 4 fully saturated rings. The molecule has 0 saturated heterocycles. The zero-order valence-electron chi connectivity index (χ0n) is 22.6. The highest BCUT2D eigenvalue weighted by molar-refractivity contribution is 5.17. The summed E-state index contributed by atoms with van der Waals surface area (Å²) in [6.07, 6.45) is 14.8. The van der Waals surface area contributed by atoms with Crippen molar-refractivity contribution in [3.05, 3.63) is 12.2 Å². The van der Waals surface area contributed by atoms with Crippen molar-refractivity contribution in [3.63, 3.8) is 0 Å². The second-order valence-corrected chi connectivity index (χ2v) is 13.8. The Hall–Kier alpha value is -0.300. The quantitative estimate of drug-likeness (QED) is 0.408. The first-order chi connectivity index (χ1) is 15.0. The largest absolute Gasteiger partial charge is 0.393 e. The summed E-state index contributed by atoms with van der Waals surface area (Å²) in [5, 5.41) is 10.6. The van der Waals surface area contributed by atoms with Crippen LogP contribution in [0.25, 0.3) is 0 Å². The number of hydrogen-bond donors (Lipinski definition) is 1. The van der Waals surface area contributed by atoms with E-state index in [1.807, 2.05) is 0 Å². The lowest BCUT2D eigenvalue weighted by atomic mass is 9.37. The molecule has 1 N–H and O–H groups in total. The molecule has 0 radical (unpaired) electrons. The first-order valence-corrected chi connectivity index (χ1v) is 14.4. The van der Waals surface area contributed by atoms with Crippen molar-refractivity contribution in [2.45, 2.75) is 125 Å². The SMILES string of the molecule is C=C(CCC(C)C1CCC2(C)C3CCC4C(C)C(O)CCC4C3(CC)CCC12C)C(C)C. The molecule has 32 heavy (non-hydrogen) atoms. The molecule has 1 heteroatoms. The number of fused-ring (bicyclic) bond motifs is 5. The molecule has 0 aromatic rings. The molecular weight excluding hydrogens is 388 g/mol. The van der Waals surface area contributed by atoms with Crippen LogP contribution in [0.1, 0.15) is 119 Å². The van der Waals surface area contributed by atoms with E-state index in [4.69, 9.17) is 0 Å². The lowest BCUT2D eigenvalue weighted by Crippen LogP contribution is -2.61. The van der Waals surface area contributed by atoms with Crippen LogP contribution < -0.4 is 0 Å². The van der Waals surface area contributed by atoms with Gasteiger partial charge in [0.2, 0.25) is 0 Å². The van der Waals surface area contributed by atoms with Crippen molar-refractivity contribution >= 4 is 0 Å². The first kappa shape index (κ1) is 24.8. The summed E-state index contributed by atoms with van der Waals surface area (Å²) in [6, 6.07) is 0. The van der Waals surface area contributed by atoms with E-state index in [9.17, 15) is 5.11 Å². The minimum atomic E-state index is -0.0524. The van der Waals surface area contributed by atoms with Gasteiger partial charge in [-0.3, -0.25) is 0 Å². The number of aliphatic hydroxyl groups is 1. The lowest BCUT2D eigenvalue weighted by Gasteiger charge is -2.68. The molecule has 10 unspecified atom stereocenters. The van der Waals surface area contributed by atoms with E-state index >= 15 is 0 Å². The highest BCUT2D eigenvalue weighted by atomic mass is 16.3. The number of aliphatic hydroxyl groups excluding tert-OH is 1. The highest BCUT2D eigenvalue weighted by Crippen LogP contribution is 2.76. The van der Waals surface area contributed by atoms with Gasteiger partial charge in [0.05, 0.1) is 6.10 Å². The minimum absolute atomic E-state index is 0.0524. The summed E-state index contributed by atoms with van der Waals surface area (Å²) in [7, 11) is 0. The van der Waals surface area contributed by atoms with Gasteiger partial charge in [0.1, 0.15) is 0 Å². The zero-order valence-corrected chi connectivity index (χ0v) is 22.6. The molecule has 4 aliphatic rings. The van der Waals surface area contributed by atoms with Crippen LogP contribution >= 0.6 is 0 Å². The third-order valence-electron chi connectivity index (χ3n) is 12.9. The zero-order chi connectivity index (χ0) is 23.5. The van der Waals surface area contributed by atoms with Crippen molar-refractivity contribution in [2.24, 2.45) is 57.7 Å². The predicted octanol–water partition coefficient (Wildman–Crippen LogP) is 8.66. The van der Waals surface area contributed by atoms with E-state index in [-0.39, 0.29) is 6.10 Å². The number of rotatable bonds is 6. The van der Waals surface area contributed by atoms with Crippen molar-refractivity contribution in [1.82, 2.24) is 0 Å². The molecule has 184 valence electrons. The summed E-state index contributed by atoms with van der Waals surface area (Å²) in [5.41, 5.74) is 2.99. The molecule has 0 spiro atoms. The van der Waals surface area contributed by atoms with Gasteiger partial charge in [-0.2, -0.15) is 0 Å². The van der Waals surface area contributed by atoms with Crippen LogP contribution in [0.15, 0.2) is 12.2 Å². The van der Waals surface area contributed by atoms with E-state index in [2.05, 4.69) is 55.0 Å². The lowest BCUT2D eigenvalue weighted by molar-refractivity contribution is -0.196. The summed E-state index contributed by atoms with van der Waals surface area (Å²) >= 11 is 0. The molecule has 4 saturated carbocycles.